The van der Waals surface area contributed by atoms with E-state index in [0.717, 1.165) is 23.3 Å². The summed E-state index contributed by atoms with van der Waals surface area (Å²) < 4.78 is 76.2. The van der Waals surface area contributed by atoms with Crippen molar-refractivity contribution >= 4 is 39.1 Å². The topological polar surface area (TPSA) is 110 Å². The predicted octanol–water partition coefficient (Wildman–Crippen LogP) is 9.83. The van der Waals surface area contributed by atoms with Gasteiger partial charge in [-0.1, -0.05) is 93.9 Å². The molecule has 1 amide bonds. The highest BCUT2D eigenvalue weighted by atomic mass is 35.5. The van der Waals surface area contributed by atoms with Crippen molar-refractivity contribution in [1.29, 1.82) is 0 Å². The first-order valence-corrected chi connectivity index (χ1v) is 17.9. The number of amides is 1. The van der Waals surface area contributed by atoms with Gasteiger partial charge in [0.15, 0.2) is 5.78 Å². The summed E-state index contributed by atoms with van der Waals surface area (Å²) in [6, 6.07) is 23.8. The van der Waals surface area contributed by atoms with Gasteiger partial charge in [-0.3, -0.25) is 14.1 Å². The zero-order valence-corrected chi connectivity index (χ0v) is 29.6. The molecule has 0 spiro atoms. The van der Waals surface area contributed by atoms with Crippen LogP contribution in [0.15, 0.2) is 91.0 Å². The fourth-order valence-electron chi connectivity index (χ4n) is 5.34. The minimum atomic E-state index is -4.52. The van der Waals surface area contributed by atoms with Crippen LogP contribution in [-0.4, -0.2) is 37.0 Å². The van der Waals surface area contributed by atoms with E-state index in [1.165, 1.54) is 6.07 Å². The van der Waals surface area contributed by atoms with Crippen molar-refractivity contribution in [3.8, 4) is 16.9 Å². The Bertz CT molecular complexity index is 1900. The number of hydrogen-bond donors (Lipinski definition) is 2. The van der Waals surface area contributed by atoms with Gasteiger partial charge in [-0.05, 0) is 70.8 Å². The maximum atomic E-state index is 14.0. The maximum Gasteiger partial charge on any atom is 0.416 e. The van der Waals surface area contributed by atoms with E-state index in [4.69, 9.17) is 20.9 Å². The third-order valence-electron chi connectivity index (χ3n) is 8.02. The number of halogens is 4. The third-order valence-corrected chi connectivity index (χ3v) is 9.14. The summed E-state index contributed by atoms with van der Waals surface area (Å²) in [7, 11) is -4.16. The molecule has 4 aromatic carbocycles. The van der Waals surface area contributed by atoms with Gasteiger partial charge in [0.2, 0.25) is 5.91 Å². The molecule has 0 aliphatic rings. The van der Waals surface area contributed by atoms with Gasteiger partial charge in [0.25, 0.3) is 10.1 Å². The first-order chi connectivity index (χ1) is 23.3. The highest BCUT2D eigenvalue weighted by Gasteiger charge is 2.31. The highest BCUT2D eigenvalue weighted by Crippen LogP contribution is 2.37. The molecule has 2 atom stereocenters. The van der Waals surface area contributed by atoms with Gasteiger partial charge in [-0.15, -0.1) is 0 Å². The zero-order chi connectivity index (χ0) is 36.9. The number of benzene rings is 4. The second-order valence-corrected chi connectivity index (χ2v) is 15.4. The molecule has 0 aromatic heterocycles. The van der Waals surface area contributed by atoms with Crippen molar-refractivity contribution in [2.24, 2.45) is 5.41 Å². The number of rotatable bonds is 13. The molecule has 50 heavy (non-hydrogen) atoms. The monoisotopic (exact) mass is 729 g/mol. The van der Waals surface area contributed by atoms with E-state index in [0.29, 0.717) is 34.7 Å². The lowest BCUT2D eigenvalue weighted by atomic mass is 9.81. The molecule has 4 rings (SSSR count). The lowest BCUT2D eigenvalue weighted by Gasteiger charge is -2.25. The highest BCUT2D eigenvalue weighted by molar-refractivity contribution is 7.85. The van der Waals surface area contributed by atoms with Crippen LogP contribution in [-0.2, 0) is 21.1 Å². The van der Waals surface area contributed by atoms with Crippen molar-refractivity contribution in [3.05, 3.63) is 118 Å². The van der Waals surface area contributed by atoms with Crippen LogP contribution in [0.4, 0.5) is 18.9 Å². The van der Waals surface area contributed by atoms with Gasteiger partial charge in [-0.25, -0.2) is 0 Å². The Morgan fingerprint density at radius 2 is 1.48 bits per heavy atom. The number of alkyl halides is 3. The summed E-state index contributed by atoms with van der Waals surface area (Å²) in [5.74, 6) is -1.49. The smallest absolute Gasteiger partial charge is 0.416 e. The standard InChI is InChI=1S/C38H39ClF3NO6S/c1-24(25-7-9-27(10-8-25)34(44)6-5-21-50(46,47)48)35(28-13-18-31(19-14-28)49-23-37(2,3)4)36(45)43-30-16-11-26(12-17-30)32-20-15-29(22-33(32)39)38(40,41)42/h7-20,22,24,35H,5-6,21,23H2,1-4H3,(H,43,45)(H,46,47,48). The van der Waals surface area contributed by atoms with Crippen molar-refractivity contribution in [1.82, 2.24) is 0 Å². The molecule has 0 fully saturated rings. The molecule has 0 aliphatic carbocycles. The first-order valence-electron chi connectivity index (χ1n) is 15.9. The van der Waals surface area contributed by atoms with E-state index >= 15 is 0 Å². The van der Waals surface area contributed by atoms with E-state index in [1.807, 2.05) is 31.2 Å². The van der Waals surface area contributed by atoms with E-state index in [2.05, 4.69) is 26.1 Å². The van der Waals surface area contributed by atoms with Crippen LogP contribution < -0.4 is 10.1 Å². The molecule has 7 nitrogen and oxygen atoms in total. The molecule has 0 saturated heterocycles. The van der Waals surface area contributed by atoms with Crippen molar-refractivity contribution in [2.45, 2.75) is 58.5 Å². The zero-order valence-electron chi connectivity index (χ0n) is 28.1. The molecule has 2 N–H and O–H groups in total. The molecular formula is C38H39ClF3NO6S. The molecular weight excluding hydrogens is 691 g/mol. The minimum absolute atomic E-state index is 0.00805. The predicted molar refractivity (Wildman–Crippen MR) is 189 cm³/mol. The number of carbonyl (C=O) groups is 2. The number of carbonyl (C=O) groups excluding carboxylic acids is 2. The Morgan fingerprint density at radius 1 is 0.880 bits per heavy atom. The minimum Gasteiger partial charge on any atom is -0.493 e. The van der Waals surface area contributed by atoms with Crippen LogP contribution in [0.3, 0.4) is 0 Å². The van der Waals surface area contributed by atoms with Crippen LogP contribution in [0.5, 0.6) is 5.75 Å². The van der Waals surface area contributed by atoms with Gasteiger partial charge in [-0.2, -0.15) is 21.6 Å². The summed E-state index contributed by atoms with van der Waals surface area (Å²) in [4.78, 5) is 26.6. The van der Waals surface area contributed by atoms with Gasteiger partial charge < -0.3 is 10.1 Å². The average Bonchev–Trinajstić information content (AvgIpc) is 3.03. The Labute approximate surface area is 295 Å². The summed E-state index contributed by atoms with van der Waals surface area (Å²) in [5, 5.41) is 2.91. The van der Waals surface area contributed by atoms with E-state index < -0.39 is 33.5 Å². The molecule has 0 bridgehead atoms. The largest absolute Gasteiger partial charge is 0.493 e. The van der Waals surface area contributed by atoms with E-state index in [1.54, 1.807) is 48.5 Å². The normalized spacial score (nSPS) is 13.4. The van der Waals surface area contributed by atoms with Crippen molar-refractivity contribution < 1.29 is 40.5 Å². The van der Waals surface area contributed by atoms with Crippen molar-refractivity contribution in [2.75, 3.05) is 17.7 Å². The van der Waals surface area contributed by atoms with Gasteiger partial charge >= 0.3 is 6.18 Å². The molecule has 0 heterocycles. The second-order valence-electron chi connectivity index (χ2n) is 13.4. The molecule has 12 heteroatoms. The van der Waals surface area contributed by atoms with E-state index in [-0.39, 0.29) is 40.9 Å². The second kappa shape index (κ2) is 15.8. The molecule has 4 aromatic rings. The van der Waals surface area contributed by atoms with E-state index in [9.17, 15) is 31.2 Å². The number of ether oxygens (including phenoxy) is 1. The number of hydrogen-bond acceptors (Lipinski definition) is 5. The maximum absolute atomic E-state index is 14.0. The van der Waals surface area contributed by atoms with Gasteiger partial charge in [0.05, 0.1) is 23.8 Å². The third kappa shape index (κ3) is 10.9. The van der Waals surface area contributed by atoms with Crippen LogP contribution in [0.25, 0.3) is 11.1 Å². The quantitative estimate of drug-likeness (QED) is 0.105. The summed E-state index contributed by atoms with van der Waals surface area (Å²) in [6.45, 7) is 8.58. The molecule has 0 radical (unpaired) electrons. The Hall–Kier alpha value is -4.19. The van der Waals surface area contributed by atoms with Crippen LogP contribution in [0.1, 0.15) is 79.4 Å². The van der Waals surface area contributed by atoms with Gasteiger partial charge in [0.1, 0.15) is 5.75 Å². The molecule has 0 saturated carbocycles. The van der Waals surface area contributed by atoms with Crippen LogP contribution >= 0.6 is 11.6 Å². The van der Waals surface area contributed by atoms with Crippen LogP contribution in [0.2, 0.25) is 5.02 Å². The fraction of sp³-hybridized carbons (Fsp3) is 0.316. The molecule has 2 unspecified atom stereocenters. The Morgan fingerprint density at radius 3 is 2.02 bits per heavy atom. The fourth-order valence-corrected chi connectivity index (χ4v) is 6.14. The van der Waals surface area contributed by atoms with Gasteiger partial charge in [0, 0.05) is 28.3 Å². The Balaban J connectivity index is 1.57. The summed E-state index contributed by atoms with van der Waals surface area (Å²) >= 11 is 6.19. The van der Waals surface area contributed by atoms with Crippen molar-refractivity contribution in [3.63, 3.8) is 0 Å². The Kier molecular flexibility index (Phi) is 12.2. The molecule has 0 aliphatic heterocycles. The summed E-state index contributed by atoms with van der Waals surface area (Å²) in [6.07, 6.45) is -4.57. The summed E-state index contributed by atoms with van der Waals surface area (Å²) in [5.41, 5.74) is 2.44. The first kappa shape index (κ1) is 38.6. The number of anilines is 1. The lowest BCUT2D eigenvalue weighted by Crippen LogP contribution is -2.25. The number of nitrogens with one attached hydrogen (secondary N) is 1. The average molecular weight is 730 g/mol. The lowest BCUT2D eigenvalue weighted by molar-refractivity contribution is -0.137. The SMILES string of the molecule is CC(c1ccc(C(=O)CCCS(=O)(=O)O)cc1)C(C(=O)Nc1ccc(-c2ccc(C(F)(F)F)cc2Cl)cc1)c1ccc(OCC(C)(C)C)cc1. The molecule has 266 valence electrons. The van der Waals surface area contributed by atoms with Crippen LogP contribution in [0, 0.1) is 5.41 Å². The number of ketones is 1. The number of Topliss-reactive ketones (excluding diaryl/α,β-unsaturated/α-hetero) is 1.